The van der Waals surface area contributed by atoms with Crippen molar-refractivity contribution in [3.8, 4) is 16.9 Å². The molecule has 6 nitrogen and oxygen atoms in total. The summed E-state index contributed by atoms with van der Waals surface area (Å²) in [6.45, 7) is 4.51. The molecular formula is C22H24N4O2. The molecule has 3 aromatic rings. The van der Waals surface area contributed by atoms with E-state index in [-0.39, 0.29) is 18.4 Å². The molecule has 0 atom stereocenters. The average molecular weight is 376 g/mol. The van der Waals surface area contributed by atoms with Crippen molar-refractivity contribution in [2.24, 2.45) is 0 Å². The fraction of sp³-hybridized carbons (Fsp3) is 0.227. The molecule has 3 rings (SSSR count). The Hall–Kier alpha value is -3.41. The van der Waals surface area contributed by atoms with Gasteiger partial charge in [-0.3, -0.25) is 9.59 Å². The highest BCUT2D eigenvalue weighted by atomic mass is 16.2. The fourth-order valence-electron chi connectivity index (χ4n) is 2.76. The predicted octanol–water partition coefficient (Wildman–Crippen LogP) is 3.10. The van der Waals surface area contributed by atoms with E-state index in [0.29, 0.717) is 17.8 Å². The van der Waals surface area contributed by atoms with E-state index in [0.717, 1.165) is 23.2 Å². The molecule has 0 radical (unpaired) electrons. The molecule has 6 heteroatoms. The van der Waals surface area contributed by atoms with Gasteiger partial charge in [0.15, 0.2) is 0 Å². The van der Waals surface area contributed by atoms with Crippen molar-refractivity contribution >= 4 is 11.8 Å². The Kier molecular flexibility index (Phi) is 6.22. The third-order valence-electron chi connectivity index (χ3n) is 4.29. The van der Waals surface area contributed by atoms with Crippen LogP contribution in [0.4, 0.5) is 0 Å². The molecule has 1 heterocycles. The highest BCUT2D eigenvalue weighted by Crippen LogP contribution is 2.24. The minimum atomic E-state index is -0.329. The molecule has 2 aromatic carbocycles. The summed E-state index contributed by atoms with van der Waals surface area (Å²) in [6.07, 6.45) is 2.55. The summed E-state index contributed by atoms with van der Waals surface area (Å²) in [4.78, 5) is 24.6. The maximum atomic E-state index is 12.8. The number of rotatable bonds is 7. The van der Waals surface area contributed by atoms with E-state index in [1.165, 1.54) is 0 Å². The predicted molar refractivity (Wildman–Crippen MR) is 109 cm³/mol. The van der Waals surface area contributed by atoms with Crippen LogP contribution in [0.1, 0.15) is 29.3 Å². The maximum absolute atomic E-state index is 12.8. The molecule has 0 fully saturated rings. The monoisotopic (exact) mass is 376 g/mol. The van der Waals surface area contributed by atoms with Crippen molar-refractivity contribution in [1.82, 2.24) is 20.4 Å². The molecule has 144 valence electrons. The Morgan fingerprint density at radius 2 is 1.71 bits per heavy atom. The SMILES string of the molecule is CCCNC(=O)CNC(=O)c1cn(-c2ccccc2)nc1-c1ccc(C)cc1. The van der Waals surface area contributed by atoms with E-state index in [1.807, 2.05) is 68.4 Å². The van der Waals surface area contributed by atoms with Gasteiger partial charge in [-0.25, -0.2) is 4.68 Å². The minimum Gasteiger partial charge on any atom is -0.355 e. The average Bonchev–Trinajstić information content (AvgIpc) is 3.17. The summed E-state index contributed by atoms with van der Waals surface area (Å²) in [5, 5.41) is 10.1. The molecule has 2 amide bonds. The molecule has 0 aliphatic rings. The summed E-state index contributed by atoms with van der Waals surface area (Å²) in [5.41, 5.74) is 3.84. The Labute approximate surface area is 164 Å². The molecule has 0 aliphatic heterocycles. The van der Waals surface area contributed by atoms with Crippen LogP contribution in [0.5, 0.6) is 0 Å². The second-order valence-electron chi connectivity index (χ2n) is 6.57. The lowest BCUT2D eigenvalue weighted by Gasteiger charge is -2.06. The van der Waals surface area contributed by atoms with E-state index in [9.17, 15) is 9.59 Å². The number of aromatic nitrogens is 2. The summed E-state index contributed by atoms with van der Waals surface area (Å²) >= 11 is 0. The zero-order valence-electron chi connectivity index (χ0n) is 16.1. The lowest BCUT2D eigenvalue weighted by atomic mass is 10.1. The van der Waals surface area contributed by atoms with Gasteiger partial charge >= 0.3 is 0 Å². The van der Waals surface area contributed by atoms with Crippen LogP contribution in [0, 0.1) is 6.92 Å². The highest BCUT2D eigenvalue weighted by Gasteiger charge is 2.19. The summed E-state index contributed by atoms with van der Waals surface area (Å²) < 4.78 is 1.68. The smallest absolute Gasteiger partial charge is 0.255 e. The molecule has 0 bridgehead atoms. The lowest BCUT2D eigenvalue weighted by molar-refractivity contribution is -0.120. The largest absolute Gasteiger partial charge is 0.355 e. The van der Waals surface area contributed by atoms with Gasteiger partial charge in [0.2, 0.25) is 5.91 Å². The van der Waals surface area contributed by atoms with Gasteiger partial charge in [-0.2, -0.15) is 5.10 Å². The van der Waals surface area contributed by atoms with Crippen LogP contribution < -0.4 is 10.6 Å². The third kappa shape index (κ3) is 4.65. The first kappa shape index (κ1) is 19.4. The number of nitrogens with one attached hydrogen (secondary N) is 2. The van der Waals surface area contributed by atoms with Crippen LogP contribution in [-0.2, 0) is 4.79 Å². The second kappa shape index (κ2) is 8.99. The first-order valence-electron chi connectivity index (χ1n) is 9.35. The molecule has 0 spiro atoms. The van der Waals surface area contributed by atoms with Gasteiger partial charge in [0.25, 0.3) is 5.91 Å². The van der Waals surface area contributed by atoms with Gasteiger partial charge in [0.1, 0.15) is 5.69 Å². The number of amides is 2. The number of para-hydroxylation sites is 1. The van der Waals surface area contributed by atoms with Gasteiger partial charge in [-0.1, -0.05) is 55.0 Å². The number of hydrogen-bond donors (Lipinski definition) is 2. The number of carbonyl (C=O) groups is 2. The van der Waals surface area contributed by atoms with Gasteiger partial charge < -0.3 is 10.6 Å². The third-order valence-corrected chi connectivity index (χ3v) is 4.29. The topological polar surface area (TPSA) is 76.0 Å². The van der Waals surface area contributed by atoms with Crippen LogP contribution in [0.15, 0.2) is 60.8 Å². The van der Waals surface area contributed by atoms with Crippen molar-refractivity contribution in [2.45, 2.75) is 20.3 Å². The summed E-state index contributed by atoms with van der Waals surface area (Å²) in [7, 11) is 0. The normalized spacial score (nSPS) is 10.5. The standard InChI is InChI=1S/C22H24N4O2/c1-3-13-23-20(27)14-24-22(28)19-15-26(18-7-5-4-6-8-18)25-21(19)17-11-9-16(2)10-12-17/h4-12,15H,3,13-14H2,1-2H3,(H,23,27)(H,24,28). The Bertz CT molecular complexity index is 946. The molecule has 2 N–H and O–H groups in total. The summed E-state index contributed by atoms with van der Waals surface area (Å²) in [6, 6.07) is 17.5. The zero-order valence-corrected chi connectivity index (χ0v) is 16.1. The van der Waals surface area contributed by atoms with Crippen LogP contribution in [0.25, 0.3) is 16.9 Å². The molecular weight excluding hydrogens is 352 g/mol. The number of benzene rings is 2. The van der Waals surface area contributed by atoms with Crippen LogP contribution >= 0.6 is 0 Å². The lowest BCUT2D eigenvalue weighted by Crippen LogP contribution is -2.37. The minimum absolute atomic E-state index is 0.0668. The van der Waals surface area contributed by atoms with Crippen LogP contribution in [0.2, 0.25) is 0 Å². The number of aryl methyl sites for hydroxylation is 1. The fourth-order valence-corrected chi connectivity index (χ4v) is 2.76. The maximum Gasteiger partial charge on any atom is 0.255 e. The van der Waals surface area contributed by atoms with Gasteiger partial charge in [-0.05, 0) is 25.5 Å². The second-order valence-corrected chi connectivity index (χ2v) is 6.57. The Balaban J connectivity index is 1.89. The molecule has 0 saturated carbocycles. The zero-order chi connectivity index (χ0) is 19.9. The first-order chi connectivity index (χ1) is 13.6. The quantitative estimate of drug-likeness (QED) is 0.665. The van der Waals surface area contributed by atoms with Crippen molar-refractivity contribution in [3.63, 3.8) is 0 Å². The number of hydrogen-bond acceptors (Lipinski definition) is 3. The number of nitrogens with zero attached hydrogens (tertiary/aromatic N) is 2. The van der Waals surface area contributed by atoms with Crippen molar-refractivity contribution in [3.05, 3.63) is 71.9 Å². The molecule has 0 saturated heterocycles. The Morgan fingerprint density at radius 3 is 2.39 bits per heavy atom. The van der Waals surface area contributed by atoms with Crippen molar-refractivity contribution < 1.29 is 9.59 Å². The highest BCUT2D eigenvalue weighted by molar-refractivity contribution is 6.01. The van der Waals surface area contributed by atoms with Crippen LogP contribution in [-0.4, -0.2) is 34.7 Å². The van der Waals surface area contributed by atoms with Gasteiger partial charge in [0.05, 0.1) is 17.8 Å². The van der Waals surface area contributed by atoms with E-state index < -0.39 is 0 Å². The molecule has 0 unspecified atom stereocenters. The van der Waals surface area contributed by atoms with Crippen molar-refractivity contribution in [2.75, 3.05) is 13.1 Å². The van der Waals surface area contributed by atoms with E-state index in [2.05, 4.69) is 15.7 Å². The molecule has 0 aliphatic carbocycles. The first-order valence-corrected chi connectivity index (χ1v) is 9.35. The number of carbonyl (C=O) groups excluding carboxylic acids is 2. The van der Waals surface area contributed by atoms with Gasteiger partial charge in [-0.15, -0.1) is 0 Å². The van der Waals surface area contributed by atoms with E-state index >= 15 is 0 Å². The van der Waals surface area contributed by atoms with Crippen molar-refractivity contribution in [1.29, 1.82) is 0 Å². The van der Waals surface area contributed by atoms with Gasteiger partial charge in [0, 0.05) is 18.3 Å². The molecule has 28 heavy (non-hydrogen) atoms. The summed E-state index contributed by atoms with van der Waals surface area (Å²) in [5.74, 6) is -0.535. The van der Waals surface area contributed by atoms with E-state index in [1.54, 1.807) is 10.9 Å². The Morgan fingerprint density at radius 1 is 1.00 bits per heavy atom. The van der Waals surface area contributed by atoms with Crippen LogP contribution in [0.3, 0.4) is 0 Å². The molecule has 1 aromatic heterocycles. The van der Waals surface area contributed by atoms with E-state index in [4.69, 9.17) is 0 Å².